The molecule has 2 amide bonds. The average Bonchev–Trinajstić information content (AvgIpc) is 3.16. The Balaban J connectivity index is 1.29. The summed E-state index contributed by atoms with van der Waals surface area (Å²) in [5.74, 6) is 0.768. The summed E-state index contributed by atoms with van der Waals surface area (Å²) < 4.78 is 5.21. The van der Waals surface area contributed by atoms with E-state index in [9.17, 15) is 9.59 Å². The van der Waals surface area contributed by atoms with Crippen molar-refractivity contribution in [1.29, 1.82) is 0 Å². The second-order valence-electron chi connectivity index (χ2n) is 8.19. The van der Waals surface area contributed by atoms with Crippen molar-refractivity contribution in [1.82, 2.24) is 9.80 Å². The molecule has 0 aliphatic carbocycles. The first-order valence-corrected chi connectivity index (χ1v) is 10.5. The van der Waals surface area contributed by atoms with Crippen molar-refractivity contribution in [3.63, 3.8) is 0 Å². The first-order chi connectivity index (χ1) is 14.5. The molecule has 30 heavy (non-hydrogen) atoms. The Morgan fingerprint density at radius 3 is 2.30 bits per heavy atom. The third-order valence-electron chi connectivity index (χ3n) is 6.07. The fourth-order valence-corrected chi connectivity index (χ4v) is 4.22. The van der Waals surface area contributed by atoms with Crippen LogP contribution in [0.25, 0.3) is 0 Å². The maximum Gasteiger partial charge on any atom is 0.228 e. The molecule has 2 aromatic rings. The van der Waals surface area contributed by atoms with Gasteiger partial charge in [-0.2, -0.15) is 0 Å². The third-order valence-corrected chi connectivity index (χ3v) is 6.07. The number of anilines is 1. The van der Waals surface area contributed by atoms with Gasteiger partial charge in [-0.3, -0.25) is 14.5 Å². The highest BCUT2D eigenvalue weighted by molar-refractivity contribution is 6.00. The molecule has 0 bridgehead atoms. The molecule has 2 fully saturated rings. The summed E-state index contributed by atoms with van der Waals surface area (Å²) in [5, 5.41) is 0. The molecule has 0 radical (unpaired) electrons. The Labute approximate surface area is 178 Å². The lowest BCUT2D eigenvalue weighted by Gasteiger charge is -2.36. The van der Waals surface area contributed by atoms with Gasteiger partial charge in [0.1, 0.15) is 5.75 Å². The first-order valence-electron chi connectivity index (χ1n) is 10.5. The number of rotatable bonds is 5. The maximum absolute atomic E-state index is 13.0. The standard InChI is InChI=1S/C24H29N3O3/c1-18-3-7-21(8-4-18)27-17-20(15-23(27)28)24(29)26-13-11-25(12-14-26)16-19-5-9-22(30-2)10-6-19/h3-10,20H,11-17H2,1-2H3/t20-/m0/s1. The largest absolute Gasteiger partial charge is 0.497 e. The molecule has 6 heteroatoms. The molecule has 0 aromatic heterocycles. The van der Waals surface area contributed by atoms with Gasteiger partial charge < -0.3 is 14.5 Å². The molecule has 2 heterocycles. The quantitative estimate of drug-likeness (QED) is 0.765. The summed E-state index contributed by atoms with van der Waals surface area (Å²) >= 11 is 0. The zero-order valence-corrected chi connectivity index (χ0v) is 17.7. The summed E-state index contributed by atoms with van der Waals surface area (Å²) in [6, 6.07) is 16.0. The van der Waals surface area contributed by atoms with Gasteiger partial charge in [-0.15, -0.1) is 0 Å². The Morgan fingerprint density at radius 1 is 1.00 bits per heavy atom. The van der Waals surface area contributed by atoms with Gasteiger partial charge in [-0.05, 0) is 36.8 Å². The highest BCUT2D eigenvalue weighted by Crippen LogP contribution is 2.27. The van der Waals surface area contributed by atoms with Gasteiger partial charge in [-0.1, -0.05) is 29.8 Å². The molecule has 2 saturated heterocycles. The van der Waals surface area contributed by atoms with E-state index >= 15 is 0 Å². The van der Waals surface area contributed by atoms with Crippen molar-refractivity contribution in [2.45, 2.75) is 19.9 Å². The number of amides is 2. The molecule has 158 valence electrons. The molecular weight excluding hydrogens is 378 g/mol. The van der Waals surface area contributed by atoms with Crippen molar-refractivity contribution in [2.24, 2.45) is 5.92 Å². The van der Waals surface area contributed by atoms with E-state index in [0.717, 1.165) is 36.6 Å². The van der Waals surface area contributed by atoms with Gasteiger partial charge >= 0.3 is 0 Å². The molecule has 6 nitrogen and oxygen atoms in total. The lowest BCUT2D eigenvalue weighted by atomic mass is 10.1. The number of hydrogen-bond donors (Lipinski definition) is 0. The minimum absolute atomic E-state index is 0.0374. The summed E-state index contributed by atoms with van der Waals surface area (Å²) in [7, 11) is 1.67. The molecule has 2 aromatic carbocycles. The number of carbonyl (C=O) groups excluding carboxylic acids is 2. The molecule has 0 saturated carbocycles. The number of benzene rings is 2. The van der Waals surface area contributed by atoms with Crippen LogP contribution >= 0.6 is 0 Å². The molecule has 4 rings (SSSR count). The number of hydrogen-bond acceptors (Lipinski definition) is 4. The van der Waals surface area contributed by atoms with Crippen LogP contribution in [-0.2, 0) is 16.1 Å². The van der Waals surface area contributed by atoms with Gasteiger partial charge in [0.25, 0.3) is 0 Å². The van der Waals surface area contributed by atoms with Crippen molar-refractivity contribution in [2.75, 3.05) is 44.7 Å². The highest BCUT2D eigenvalue weighted by atomic mass is 16.5. The zero-order chi connectivity index (χ0) is 21.1. The SMILES string of the molecule is COc1ccc(CN2CCN(C(=O)[C@H]3CC(=O)N(c4ccc(C)cc4)C3)CC2)cc1. The summed E-state index contributed by atoms with van der Waals surface area (Å²) in [4.78, 5) is 31.6. The molecular formula is C24H29N3O3. The molecule has 1 atom stereocenters. The van der Waals surface area contributed by atoms with Crippen LogP contribution in [-0.4, -0.2) is 61.4 Å². The van der Waals surface area contributed by atoms with E-state index in [4.69, 9.17) is 4.74 Å². The number of nitrogens with zero attached hydrogens (tertiary/aromatic N) is 3. The van der Waals surface area contributed by atoms with E-state index in [1.54, 1.807) is 12.0 Å². The fourth-order valence-electron chi connectivity index (χ4n) is 4.22. The van der Waals surface area contributed by atoms with E-state index in [1.165, 1.54) is 5.56 Å². The second-order valence-corrected chi connectivity index (χ2v) is 8.19. The van der Waals surface area contributed by atoms with Crippen LogP contribution in [0.2, 0.25) is 0 Å². The Bertz CT molecular complexity index is 887. The van der Waals surface area contributed by atoms with E-state index in [0.29, 0.717) is 26.1 Å². The van der Waals surface area contributed by atoms with Gasteiger partial charge in [0.05, 0.1) is 13.0 Å². The number of carbonyl (C=O) groups is 2. The van der Waals surface area contributed by atoms with Crippen LogP contribution in [0.1, 0.15) is 17.5 Å². The fraction of sp³-hybridized carbons (Fsp3) is 0.417. The predicted octanol–water partition coefficient (Wildman–Crippen LogP) is 2.70. The van der Waals surface area contributed by atoms with Crippen LogP contribution in [0.4, 0.5) is 5.69 Å². The van der Waals surface area contributed by atoms with Gasteiger partial charge in [0.15, 0.2) is 0 Å². The van der Waals surface area contributed by atoms with Crippen molar-refractivity contribution >= 4 is 17.5 Å². The second kappa shape index (κ2) is 8.88. The average molecular weight is 408 g/mol. The summed E-state index contributed by atoms with van der Waals surface area (Å²) in [5.41, 5.74) is 3.28. The smallest absolute Gasteiger partial charge is 0.228 e. The molecule has 0 N–H and O–H groups in total. The Hall–Kier alpha value is -2.86. The predicted molar refractivity (Wildman–Crippen MR) is 116 cm³/mol. The van der Waals surface area contributed by atoms with Gasteiger partial charge in [0.2, 0.25) is 11.8 Å². The van der Waals surface area contributed by atoms with Crippen molar-refractivity contribution < 1.29 is 14.3 Å². The molecule has 2 aliphatic rings. The summed E-state index contributed by atoms with van der Waals surface area (Å²) in [6.45, 7) is 6.49. The normalized spacial score (nSPS) is 19.9. The third kappa shape index (κ3) is 4.49. The number of methoxy groups -OCH3 is 1. The van der Waals surface area contributed by atoms with Crippen molar-refractivity contribution in [3.8, 4) is 5.75 Å². The molecule has 0 unspecified atom stereocenters. The highest BCUT2D eigenvalue weighted by Gasteiger charge is 2.37. The Kier molecular flexibility index (Phi) is 6.04. The topological polar surface area (TPSA) is 53.1 Å². The first kappa shape index (κ1) is 20.4. The summed E-state index contributed by atoms with van der Waals surface area (Å²) in [6.07, 6.45) is 0.304. The van der Waals surface area contributed by atoms with E-state index in [2.05, 4.69) is 17.0 Å². The van der Waals surface area contributed by atoms with E-state index in [1.807, 2.05) is 48.2 Å². The van der Waals surface area contributed by atoms with Crippen LogP contribution in [0.15, 0.2) is 48.5 Å². The van der Waals surface area contributed by atoms with E-state index < -0.39 is 0 Å². The number of aryl methyl sites for hydroxylation is 1. The lowest BCUT2D eigenvalue weighted by Crippen LogP contribution is -2.50. The number of piperazine rings is 1. The zero-order valence-electron chi connectivity index (χ0n) is 17.7. The van der Waals surface area contributed by atoms with Crippen LogP contribution < -0.4 is 9.64 Å². The van der Waals surface area contributed by atoms with Crippen LogP contribution in [0.3, 0.4) is 0 Å². The molecule has 0 spiro atoms. The van der Waals surface area contributed by atoms with Crippen LogP contribution in [0.5, 0.6) is 5.75 Å². The van der Waals surface area contributed by atoms with Crippen LogP contribution in [0, 0.1) is 12.8 Å². The van der Waals surface area contributed by atoms with Gasteiger partial charge in [0, 0.05) is 51.4 Å². The number of ether oxygens (including phenoxy) is 1. The van der Waals surface area contributed by atoms with Crippen molar-refractivity contribution in [3.05, 3.63) is 59.7 Å². The van der Waals surface area contributed by atoms with E-state index in [-0.39, 0.29) is 17.7 Å². The molecule has 2 aliphatic heterocycles. The monoisotopic (exact) mass is 407 g/mol. The maximum atomic E-state index is 13.0. The minimum Gasteiger partial charge on any atom is -0.497 e. The Morgan fingerprint density at radius 2 is 1.67 bits per heavy atom. The lowest BCUT2D eigenvalue weighted by molar-refractivity contribution is -0.137. The minimum atomic E-state index is -0.244. The van der Waals surface area contributed by atoms with Gasteiger partial charge in [-0.25, -0.2) is 0 Å².